The predicted octanol–water partition coefficient (Wildman–Crippen LogP) is 1.56. The van der Waals surface area contributed by atoms with Gasteiger partial charge < -0.3 is 15.7 Å². The third-order valence-corrected chi connectivity index (χ3v) is 7.21. The van der Waals surface area contributed by atoms with E-state index in [0.29, 0.717) is 48.8 Å². The molecule has 0 bridgehead atoms. The molecule has 5 rings (SSSR count). The Bertz CT molecular complexity index is 1270. The zero-order valence-corrected chi connectivity index (χ0v) is 20.1. The highest BCUT2D eigenvalue weighted by molar-refractivity contribution is 6.30. The van der Waals surface area contributed by atoms with Gasteiger partial charge in [-0.2, -0.15) is 0 Å². The summed E-state index contributed by atoms with van der Waals surface area (Å²) in [6, 6.07) is 7.25. The van der Waals surface area contributed by atoms with Crippen LogP contribution >= 0.6 is 11.6 Å². The van der Waals surface area contributed by atoms with E-state index in [1.807, 2.05) is 19.1 Å². The number of hydrogen-bond donors (Lipinski definition) is 2. The van der Waals surface area contributed by atoms with Gasteiger partial charge in [0.15, 0.2) is 5.69 Å². The maximum absolute atomic E-state index is 13.4. The number of carbonyl (C=O) groups is 2. The zero-order valence-electron chi connectivity index (χ0n) is 19.4. The Kier molecular flexibility index (Phi) is 5.84. The van der Waals surface area contributed by atoms with E-state index < -0.39 is 17.0 Å². The summed E-state index contributed by atoms with van der Waals surface area (Å²) in [5.74, 6) is -0.673. The SMILES string of the molecule is CCCc1c(C(=O)N2CCC(O)(c3cn(C4(C(N)=O)CC4)nn3)CC2)nnn1-c1cccc(Cl)c1. The average molecular weight is 499 g/mol. The second-order valence-electron chi connectivity index (χ2n) is 9.29. The molecule has 2 aromatic heterocycles. The van der Waals surface area contributed by atoms with Crippen LogP contribution in [0.3, 0.4) is 0 Å². The highest BCUT2D eigenvalue weighted by Gasteiger charge is 2.52. The number of aliphatic hydroxyl groups is 1. The van der Waals surface area contributed by atoms with Gasteiger partial charge in [0.2, 0.25) is 5.91 Å². The summed E-state index contributed by atoms with van der Waals surface area (Å²) < 4.78 is 3.12. The van der Waals surface area contributed by atoms with Gasteiger partial charge in [-0.1, -0.05) is 41.4 Å². The molecule has 3 heterocycles. The molecule has 11 nitrogen and oxygen atoms in total. The number of carbonyl (C=O) groups excluding carboxylic acids is 2. The molecular formula is C23H27ClN8O3. The molecule has 0 atom stereocenters. The van der Waals surface area contributed by atoms with Crippen LogP contribution < -0.4 is 5.73 Å². The van der Waals surface area contributed by atoms with Crippen molar-refractivity contribution in [3.63, 3.8) is 0 Å². The lowest BCUT2D eigenvalue weighted by Crippen LogP contribution is -2.45. The summed E-state index contributed by atoms with van der Waals surface area (Å²) in [6.07, 6.45) is 4.84. The molecular weight excluding hydrogens is 472 g/mol. The Labute approximate surface area is 206 Å². The van der Waals surface area contributed by atoms with Crippen LogP contribution in [0.2, 0.25) is 5.02 Å². The van der Waals surface area contributed by atoms with Crippen LogP contribution in [-0.2, 0) is 22.4 Å². The Morgan fingerprint density at radius 2 is 1.89 bits per heavy atom. The lowest BCUT2D eigenvalue weighted by atomic mass is 9.88. The fraction of sp³-hybridized carbons (Fsp3) is 0.478. The van der Waals surface area contributed by atoms with Crippen molar-refractivity contribution in [3.8, 4) is 5.69 Å². The van der Waals surface area contributed by atoms with E-state index in [2.05, 4.69) is 20.6 Å². The minimum absolute atomic E-state index is 0.224. The first-order valence-electron chi connectivity index (χ1n) is 11.7. The minimum Gasteiger partial charge on any atom is -0.383 e. The molecule has 2 fully saturated rings. The lowest BCUT2D eigenvalue weighted by molar-refractivity contribution is -0.122. The van der Waals surface area contributed by atoms with Crippen LogP contribution in [0.15, 0.2) is 30.5 Å². The van der Waals surface area contributed by atoms with Crippen LogP contribution in [0.25, 0.3) is 5.69 Å². The van der Waals surface area contributed by atoms with Crippen molar-refractivity contribution in [2.75, 3.05) is 13.1 Å². The number of halogens is 1. The van der Waals surface area contributed by atoms with Gasteiger partial charge in [0, 0.05) is 18.1 Å². The van der Waals surface area contributed by atoms with Crippen molar-refractivity contribution in [1.29, 1.82) is 0 Å². The van der Waals surface area contributed by atoms with Crippen molar-refractivity contribution in [3.05, 3.63) is 52.6 Å². The Morgan fingerprint density at radius 3 is 2.51 bits per heavy atom. The summed E-state index contributed by atoms with van der Waals surface area (Å²) in [5.41, 5.74) is 5.61. The average Bonchev–Trinajstić information content (AvgIpc) is 3.31. The number of primary amides is 1. The fourth-order valence-corrected chi connectivity index (χ4v) is 4.81. The molecule has 1 saturated carbocycles. The van der Waals surface area contributed by atoms with Gasteiger partial charge in [-0.15, -0.1) is 10.2 Å². The minimum atomic E-state index is -1.24. The van der Waals surface area contributed by atoms with E-state index in [1.165, 1.54) is 4.68 Å². The molecule has 2 aliphatic rings. The maximum atomic E-state index is 13.4. The molecule has 1 aliphatic carbocycles. The molecule has 35 heavy (non-hydrogen) atoms. The molecule has 3 aromatic rings. The monoisotopic (exact) mass is 498 g/mol. The number of piperidine rings is 1. The number of nitrogens with two attached hydrogens (primary N) is 1. The first-order chi connectivity index (χ1) is 16.8. The van der Waals surface area contributed by atoms with E-state index in [1.54, 1.807) is 27.9 Å². The molecule has 0 unspecified atom stereocenters. The first kappa shape index (κ1) is 23.4. The molecule has 1 aromatic carbocycles. The fourth-order valence-electron chi connectivity index (χ4n) is 4.62. The number of rotatable bonds is 7. The molecule has 184 valence electrons. The summed E-state index contributed by atoms with van der Waals surface area (Å²) >= 11 is 6.14. The molecule has 2 amide bonds. The molecule has 1 aliphatic heterocycles. The number of aromatic nitrogens is 6. The number of benzene rings is 1. The van der Waals surface area contributed by atoms with E-state index in [4.69, 9.17) is 17.3 Å². The van der Waals surface area contributed by atoms with Crippen molar-refractivity contribution in [2.45, 2.75) is 56.6 Å². The van der Waals surface area contributed by atoms with Gasteiger partial charge in [0.25, 0.3) is 5.91 Å². The summed E-state index contributed by atoms with van der Waals surface area (Å²) in [4.78, 5) is 26.9. The van der Waals surface area contributed by atoms with E-state index in [0.717, 1.165) is 17.8 Å². The van der Waals surface area contributed by atoms with Gasteiger partial charge >= 0.3 is 0 Å². The molecule has 0 spiro atoms. The highest BCUT2D eigenvalue weighted by Crippen LogP contribution is 2.43. The number of likely N-dealkylation sites (tertiary alicyclic amines) is 1. The number of hydrogen-bond acceptors (Lipinski definition) is 7. The molecule has 3 N–H and O–H groups in total. The normalized spacial score (nSPS) is 18.4. The second-order valence-corrected chi connectivity index (χ2v) is 9.73. The smallest absolute Gasteiger partial charge is 0.276 e. The largest absolute Gasteiger partial charge is 0.383 e. The van der Waals surface area contributed by atoms with Crippen LogP contribution in [0, 0.1) is 0 Å². The third kappa shape index (κ3) is 4.08. The maximum Gasteiger partial charge on any atom is 0.276 e. The van der Waals surface area contributed by atoms with Crippen LogP contribution in [0.1, 0.15) is 60.9 Å². The van der Waals surface area contributed by atoms with Gasteiger partial charge in [0.1, 0.15) is 16.8 Å². The van der Waals surface area contributed by atoms with E-state index in [-0.39, 0.29) is 18.7 Å². The molecule has 0 radical (unpaired) electrons. The first-order valence-corrected chi connectivity index (χ1v) is 12.1. The standard InChI is InChI=1S/C23H27ClN8O3/c1-2-4-17-19(27-29-32(17)16-6-3-5-15(24)13-16)20(33)30-11-9-23(35,10-12-30)18-14-31(28-26-18)22(7-8-22)21(25)34/h3,5-6,13-14,35H,2,4,7-12H2,1H3,(H2,25,34). The van der Waals surface area contributed by atoms with Gasteiger partial charge in [0.05, 0.1) is 17.6 Å². The van der Waals surface area contributed by atoms with Crippen molar-refractivity contribution < 1.29 is 14.7 Å². The Balaban J connectivity index is 1.32. The van der Waals surface area contributed by atoms with E-state index in [9.17, 15) is 14.7 Å². The van der Waals surface area contributed by atoms with Crippen LogP contribution in [-0.4, -0.2) is 64.9 Å². The van der Waals surface area contributed by atoms with Crippen molar-refractivity contribution in [2.24, 2.45) is 5.73 Å². The number of amides is 2. The predicted molar refractivity (Wildman–Crippen MR) is 126 cm³/mol. The van der Waals surface area contributed by atoms with E-state index >= 15 is 0 Å². The van der Waals surface area contributed by atoms with Gasteiger partial charge in [-0.3, -0.25) is 9.59 Å². The highest BCUT2D eigenvalue weighted by atomic mass is 35.5. The van der Waals surface area contributed by atoms with Crippen molar-refractivity contribution in [1.82, 2.24) is 34.9 Å². The van der Waals surface area contributed by atoms with Gasteiger partial charge in [-0.25, -0.2) is 9.36 Å². The topological polar surface area (TPSA) is 145 Å². The summed E-state index contributed by atoms with van der Waals surface area (Å²) in [7, 11) is 0. The van der Waals surface area contributed by atoms with Crippen LogP contribution in [0.4, 0.5) is 0 Å². The Morgan fingerprint density at radius 1 is 1.14 bits per heavy atom. The zero-order chi connectivity index (χ0) is 24.8. The third-order valence-electron chi connectivity index (χ3n) is 6.97. The van der Waals surface area contributed by atoms with Gasteiger partial charge in [-0.05, 0) is 50.3 Å². The number of nitrogens with zero attached hydrogens (tertiary/aromatic N) is 7. The summed E-state index contributed by atoms with van der Waals surface area (Å²) in [6.45, 7) is 2.67. The lowest BCUT2D eigenvalue weighted by Gasteiger charge is -2.36. The summed E-state index contributed by atoms with van der Waals surface area (Å²) in [5, 5.41) is 28.5. The quantitative estimate of drug-likeness (QED) is 0.502. The van der Waals surface area contributed by atoms with Crippen LogP contribution in [0.5, 0.6) is 0 Å². The Hall–Kier alpha value is -3.31. The van der Waals surface area contributed by atoms with Crippen molar-refractivity contribution >= 4 is 23.4 Å². The second kappa shape index (κ2) is 8.72. The molecule has 12 heteroatoms. The molecule has 1 saturated heterocycles.